The van der Waals surface area contributed by atoms with Crippen LogP contribution >= 0.6 is 11.3 Å². The van der Waals surface area contributed by atoms with Crippen molar-refractivity contribution in [2.45, 2.75) is 32.4 Å². The zero-order chi connectivity index (χ0) is 16.9. The number of amides is 1. The molecule has 0 spiro atoms. The van der Waals surface area contributed by atoms with E-state index in [1.165, 1.54) is 24.3 Å². The van der Waals surface area contributed by atoms with Crippen LogP contribution < -0.4 is 10.1 Å². The summed E-state index contributed by atoms with van der Waals surface area (Å²) >= 11 is 1.48. The minimum Gasteiger partial charge on any atom is -0.473 e. The number of rotatable bonds is 5. The molecule has 24 heavy (non-hydrogen) atoms. The standard InChI is InChI=1S/C16H19FN4O2S/c1-11(22)20-16-19-8-14(24-16)10-21-6-2-3-13(9-21)23-15-5-4-12(17)7-18-15/h4-5,7-8,13H,2-3,6,9-10H2,1H3,(H,19,20,22)/t13-/m0/s1. The van der Waals surface area contributed by atoms with Crippen molar-refractivity contribution in [3.63, 3.8) is 0 Å². The van der Waals surface area contributed by atoms with Crippen LogP contribution in [0.2, 0.25) is 0 Å². The van der Waals surface area contributed by atoms with E-state index in [0.717, 1.165) is 43.5 Å². The molecule has 0 aromatic carbocycles. The van der Waals surface area contributed by atoms with Crippen molar-refractivity contribution in [1.82, 2.24) is 14.9 Å². The molecule has 0 radical (unpaired) electrons. The Kier molecular flexibility index (Phi) is 5.37. The molecule has 0 unspecified atom stereocenters. The minimum atomic E-state index is -0.368. The van der Waals surface area contributed by atoms with Gasteiger partial charge in [0, 0.05) is 37.2 Å². The van der Waals surface area contributed by atoms with Crippen LogP contribution in [0.3, 0.4) is 0 Å². The van der Waals surface area contributed by atoms with Crippen LogP contribution in [0.1, 0.15) is 24.6 Å². The van der Waals surface area contributed by atoms with E-state index in [-0.39, 0.29) is 17.8 Å². The van der Waals surface area contributed by atoms with Crippen LogP contribution in [-0.2, 0) is 11.3 Å². The average molecular weight is 350 g/mol. The molecule has 0 saturated carbocycles. The summed E-state index contributed by atoms with van der Waals surface area (Å²) in [5, 5.41) is 3.32. The van der Waals surface area contributed by atoms with Gasteiger partial charge in [0.15, 0.2) is 5.13 Å². The highest BCUT2D eigenvalue weighted by molar-refractivity contribution is 7.15. The maximum atomic E-state index is 12.9. The van der Waals surface area contributed by atoms with Gasteiger partial charge in [-0.15, -0.1) is 11.3 Å². The number of likely N-dealkylation sites (tertiary alicyclic amines) is 1. The van der Waals surface area contributed by atoms with Crippen molar-refractivity contribution in [3.05, 3.63) is 35.2 Å². The van der Waals surface area contributed by atoms with E-state index in [2.05, 4.69) is 20.2 Å². The van der Waals surface area contributed by atoms with Crippen LogP contribution in [0.5, 0.6) is 5.88 Å². The number of piperidine rings is 1. The molecule has 2 aromatic rings. The Morgan fingerprint density at radius 3 is 3.08 bits per heavy atom. The summed E-state index contributed by atoms with van der Waals surface area (Å²) in [6.07, 6.45) is 4.98. The molecule has 0 bridgehead atoms. The van der Waals surface area contributed by atoms with E-state index in [9.17, 15) is 9.18 Å². The molecular formula is C16H19FN4O2S. The molecule has 0 aliphatic carbocycles. The monoisotopic (exact) mass is 350 g/mol. The van der Waals surface area contributed by atoms with Crippen LogP contribution in [-0.4, -0.2) is 40.0 Å². The van der Waals surface area contributed by atoms with E-state index in [4.69, 9.17) is 4.74 Å². The van der Waals surface area contributed by atoms with E-state index in [1.807, 2.05) is 0 Å². The van der Waals surface area contributed by atoms with Gasteiger partial charge in [-0.05, 0) is 25.5 Å². The van der Waals surface area contributed by atoms with Crippen molar-refractivity contribution in [2.24, 2.45) is 0 Å². The van der Waals surface area contributed by atoms with Gasteiger partial charge in [0.05, 0.1) is 6.20 Å². The Hall–Kier alpha value is -2.06. The molecular weight excluding hydrogens is 331 g/mol. The lowest BCUT2D eigenvalue weighted by Crippen LogP contribution is -2.40. The Morgan fingerprint density at radius 1 is 1.46 bits per heavy atom. The summed E-state index contributed by atoms with van der Waals surface area (Å²) < 4.78 is 18.7. The van der Waals surface area contributed by atoms with Crippen LogP contribution in [0.25, 0.3) is 0 Å². The predicted molar refractivity (Wildman–Crippen MR) is 89.5 cm³/mol. The number of anilines is 1. The molecule has 1 fully saturated rings. The fourth-order valence-corrected chi connectivity index (χ4v) is 3.57. The van der Waals surface area contributed by atoms with Gasteiger partial charge >= 0.3 is 0 Å². The number of hydrogen-bond donors (Lipinski definition) is 1. The molecule has 6 nitrogen and oxygen atoms in total. The van der Waals surface area contributed by atoms with Crippen LogP contribution in [0, 0.1) is 5.82 Å². The fourth-order valence-electron chi connectivity index (χ4n) is 2.67. The molecule has 128 valence electrons. The zero-order valence-corrected chi connectivity index (χ0v) is 14.2. The van der Waals surface area contributed by atoms with Crippen LogP contribution in [0.15, 0.2) is 24.5 Å². The van der Waals surface area contributed by atoms with Gasteiger partial charge in [-0.25, -0.2) is 14.4 Å². The summed E-state index contributed by atoms with van der Waals surface area (Å²) in [4.78, 5) is 22.6. The van der Waals surface area contributed by atoms with Crippen molar-refractivity contribution in [2.75, 3.05) is 18.4 Å². The largest absolute Gasteiger partial charge is 0.473 e. The van der Waals surface area contributed by atoms with Crippen molar-refractivity contribution < 1.29 is 13.9 Å². The average Bonchev–Trinajstić information content (AvgIpc) is 2.96. The van der Waals surface area contributed by atoms with Crippen molar-refractivity contribution in [3.8, 4) is 5.88 Å². The number of nitrogens with zero attached hydrogens (tertiary/aromatic N) is 3. The molecule has 1 N–H and O–H groups in total. The Morgan fingerprint density at radius 2 is 2.33 bits per heavy atom. The second-order valence-electron chi connectivity index (χ2n) is 5.74. The number of thiazole rings is 1. The minimum absolute atomic E-state index is 0.0412. The summed E-state index contributed by atoms with van der Waals surface area (Å²) in [5.41, 5.74) is 0. The first-order valence-electron chi connectivity index (χ1n) is 7.81. The van der Waals surface area contributed by atoms with Gasteiger partial charge in [0.2, 0.25) is 11.8 Å². The third kappa shape index (κ3) is 4.72. The van der Waals surface area contributed by atoms with Gasteiger partial charge in [-0.3, -0.25) is 9.69 Å². The molecule has 8 heteroatoms. The maximum absolute atomic E-state index is 12.9. The number of nitrogens with one attached hydrogen (secondary N) is 1. The molecule has 2 aromatic heterocycles. The Balaban J connectivity index is 1.54. The normalized spacial score (nSPS) is 18.3. The topological polar surface area (TPSA) is 67.4 Å². The van der Waals surface area contributed by atoms with Crippen LogP contribution in [0.4, 0.5) is 9.52 Å². The highest BCUT2D eigenvalue weighted by Gasteiger charge is 2.22. The number of aromatic nitrogens is 2. The highest BCUT2D eigenvalue weighted by atomic mass is 32.1. The number of carbonyl (C=O) groups excluding carboxylic acids is 1. The second-order valence-corrected chi connectivity index (χ2v) is 6.86. The summed E-state index contributed by atoms with van der Waals surface area (Å²) in [6.45, 7) is 4.02. The van der Waals surface area contributed by atoms with Crippen molar-refractivity contribution in [1.29, 1.82) is 0 Å². The van der Waals surface area contributed by atoms with Crippen molar-refractivity contribution >= 4 is 22.4 Å². The van der Waals surface area contributed by atoms with Gasteiger partial charge in [-0.1, -0.05) is 0 Å². The third-order valence-electron chi connectivity index (χ3n) is 3.67. The number of ether oxygens (including phenoxy) is 1. The molecule has 3 heterocycles. The Labute approximate surface area is 143 Å². The Bertz CT molecular complexity index is 692. The molecule has 1 aliphatic heterocycles. The first kappa shape index (κ1) is 16.8. The maximum Gasteiger partial charge on any atom is 0.223 e. The quantitative estimate of drug-likeness (QED) is 0.898. The number of hydrogen-bond acceptors (Lipinski definition) is 6. The fraction of sp³-hybridized carbons (Fsp3) is 0.438. The number of halogens is 1. The van der Waals surface area contributed by atoms with E-state index < -0.39 is 0 Å². The SMILES string of the molecule is CC(=O)Nc1ncc(CN2CCC[C@H](Oc3ccc(F)cn3)C2)s1. The second kappa shape index (κ2) is 7.67. The van der Waals surface area contributed by atoms with Gasteiger partial charge in [-0.2, -0.15) is 0 Å². The lowest BCUT2D eigenvalue weighted by molar-refractivity contribution is -0.114. The first-order valence-corrected chi connectivity index (χ1v) is 8.63. The van der Waals surface area contributed by atoms with Gasteiger partial charge in [0.25, 0.3) is 0 Å². The summed E-state index contributed by atoms with van der Waals surface area (Å²) in [7, 11) is 0. The van der Waals surface area contributed by atoms with Gasteiger partial charge < -0.3 is 10.1 Å². The molecule has 1 amide bonds. The third-order valence-corrected chi connectivity index (χ3v) is 4.56. The summed E-state index contributed by atoms with van der Waals surface area (Å²) in [6, 6.07) is 2.90. The van der Waals surface area contributed by atoms with E-state index >= 15 is 0 Å². The molecule has 1 atom stereocenters. The van der Waals surface area contributed by atoms with E-state index in [0.29, 0.717) is 11.0 Å². The number of carbonyl (C=O) groups is 1. The number of pyridine rings is 1. The smallest absolute Gasteiger partial charge is 0.223 e. The van der Waals surface area contributed by atoms with Gasteiger partial charge in [0.1, 0.15) is 11.9 Å². The first-order chi connectivity index (χ1) is 11.6. The lowest BCUT2D eigenvalue weighted by atomic mass is 10.1. The molecule has 1 aliphatic rings. The lowest BCUT2D eigenvalue weighted by Gasteiger charge is -2.32. The summed E-state index contributed by atoms with van der Waals surface area (Å²) in [5.74, 6) is -0.0316. The highest BCUT2D eigenvalue weighted by Crippen LogP contribution is 2.23. The zero-order valence-electron chi connectivity index (χ0n) is 13.4. The van der Waals surface area contributed by atoms with E-state index in [1.54, 1.807) is 12.3 Å². The molecule has 1 saturated heterocycles. The molecule has 3 rings (SSSR count). The predicted octanol–water partition coefficient (Wildman–Crippen LogP) is 2.68.